The fraction of sp³-hybridized carbons (Fsp3) is 0. The van der Waals surface area contributed by atoms with Gasteiger partial charge in [-0.3, -0.25) is 19.6 Å². The van der Waals surface area contributed by atoms with Crippen LogP contribution in [0, 0.1) is 0 Å². The summed E-state index contributed by atoms with van der Waals surface area (Å²) in [5.41, 5.74) is 33.8. The molecule has 0 saturated heterocycles. The third-order valence-electron chi connectivity index (χ3n) is 4.53. The highest BCUT2D eigenvalue weighted by Crippen LogP contribution is 2.19. The first-order valence-corrected chi connectivity index (χ1v) is 12.0. The molecular weight excluding hydrogens is 607 g/mol. The number of carbonyl (C=O) groups excluding carboxylic acids is 2. The first-order chi connectivity index (χ1) is 19.9. The van der Waals surface area contributed by atoms with Gasteiger partial charge < -0.3 is 50.5 Å². The molecule has 16 N–H and O–H groups in total. The van der Waals surface area contributed by atoms with Gasteiger partial charge in [0.2, 0.25) is 11.9 Å². The van der Waals surface area contributed by atoms with Crippen LogP contribution >= 0.6 is 23.2 Å². The number of nitrogens with one attached hydrogen (secondary N) is 2. The van der Waals surface area contributed by atoms with Gasteiger partial charge in [0.05, 0.1) is 23.8 Å². The molecule has 0 spiro atoms. The predicted octanol–water partition coefficient (Wildman–Crippen LogP) is -0.312. The quantitative estimate of drug-likeness (QED) is 0.106. The first kappa shape index (κ1) is 33.3. The van der Waals surface area contributed by atoms with Crippen molar-refractivity contribution in [2.45, 2.75) is 0 Å². The second kappa shape index (κ2) is 15.2. The lowest BCUT2D eigenvalue weighted by molar-refractivity contribution is 0.0990. The van der Waals surface area contributed by atoms with Crippen LogP contribution in [0.25, 0.3) is 0 Å². The summed E-state index contributed by atoms with van der Waals surface area (Å²) >= 11 is 11.4. The van der Waals surface area contributed by atoms with Crippen molar-refractivity contribution in [3.8, 4) is 0 Å². The summed E-state index contributed by atoms with van der Waals surface area (Å²) in [6, 6.07) is 6.80. The molecule has 0 aliphatic heterocycles. The molecule has 224 valence electrons. The van der Waals surface area contributed by atoms with E-state index in [2.05, 4.69) is 50.5 Å². The number of aliphatic imine (C=N–C) groups is 2. The number of rotatable bonds is 4. The third-order valence-corrected chi connectivity index (χ3v) is 5.08. The molecule has 0 aromatic carbocycles. The van der Waals surface area contributed by atoms with E-state index in [4.69, 9.17) is 57.6 Å². The van der Waals surface area contributed by atoms with Gasteiger partial charge in [0, 0.05) is 12.4 Å². The second-order valence-corrected chi connectivity index (χ2v) is 8.32. The molecule has 4 aromatic heterocycles. The normalized spacial score (nSPS) is 10.9. The molecule has 19 nitrogen and oxygen atoms in total. The Morgan fingerprint density at radius 3 is 1.35 bits per heavy atom. The molecule has 0 aliphatic carbocycles. The molecule has 21 heteroatoms. The molecule has 4 rings (SSSR count). The maximum atomic E-state index is 11.9. The molecule has 0 saturated carbocycles. The summed E-state index contributed by atoms with van der Waals surface area (Å²) < 4.78 is 0. The standard InChI is InChI=1S/2C11H11ClN8O.H2O/c2*12-7-9(14)19-8(13)6(18-7)10(21)20-11(15)17-5-2-1-3-16-4-5;/h2*1-4H,(H4,13,14,19)(H3,15,17,20,21);1H2. The van der Waals surface area contributed by atoms with Gasteiger partial charge in [-0.15, -0.1) is 0 Å². The zero-order chi connectivity index (χ0) is 30.8. The van der Waals surface area contributed by atoms with Crippen molar-refractivity contribution in [2.75, 3.05) is 33.6 Å². The van der Waals surface area contributed by atoms with Crippen molar-refractivity contribution in [3.63, 3.8) is 0 Å². The van der Waals surface area contributed by atoms with E-state index in [1.165, 1.54) is 12.4 Å². The van der Waals surface area contributed by atoms with Gasteiger partial charge in [0.1, 0.15) is 0 Å². The van der Waals surface area contributed by atoms with Crippen LogP contribution in [0.1, 0.15) is 21.0 Å². The maximum Gasteiger partial charge on any atom is 0.302 e. The summed E-state index contributed by atoms with van der Waals surface area (Å²) in [5, 5.41) is 5.10. The first-order valence-electron chi connectivity index (χ1n) is 11.2. The summed E-state index contributed by atoms with van der Waals surface area (Å²) in [4.78, 5) is 53.7. The SMILES string of the molecule is NC(=NC(=O)c1nc(Cl)c(N)nc1N)Nc1cccnc1.NC(=NC(=O)c1nc(Cl)c(N)nc1N)Nc1cccnc1.O. The number of amides is 2. The Morgan fingerprint density at radius 1 is 0.651 bits per heavy atom. The Hall–Kier alpha value is -5.92. The van der Waals surface area contributed by atoms with E-state index in [-0.39, 0.29) is 62.4 Å². The zero-order valence-corrected chi connectivity index (χ0v) is 23.2. The van der Waals surface area contributed by atoms with Gasteiger partial charge >= 0.3 is 11.8 Å². The van der Waals surface area contributed by atoms with Gasteiger partial charge in [-0.05, 0) is 24.3 Å². The molecular formula is C22H24Cl2N16O3. The lowest BCUT2D eigenvalue weighted by Gasteiger charge is -2.05. The van der Waals surface area contributed by atoms with Gasteiger partial charge in [-0.25, -0.2) is 19.9 Å². The molecule has 43 heavy (non-hydrogen) atoms. The number of nitrogens with zero attached hydrogens (tertiary/aromatic N) is 8. The van der Waals surface area contributed by atoms with Crippen LogP contribution in [0.15, 0.2) is 59.0 Å². The van der Waals surface area contributed by atoms with Gasteiger partial charge in [0.15, 0.2) is 45.0 Å². The van der Waals surface area contributed by atoms with Crippen LogP contribution in [0.2, 0.25) is 10.3 Å². The minimum atomic E-state index is -0.796. The summed E-state index contributed by atoms with van der Waals surface area (Å²) in [7, 11) is 0. The predicted molar refractivity (Wildman–Crippen MR) is 163 cm³/mol. The number of nitrogen functional groups attached to an aromatic ring is 4. The van der Waals surface area contributed by atoms with Crippen molar-refractivity contribution in [2.24, 2.45) is 21.5 Å². The average molecular weight is 631 g/mol. The second-order valence-electron chi connectivity index (χ2n) is 7.60. The van der Waals surface area contributed by atoms with E-state index in [9.17, 15) is 9.59 Å². The van der Waals surface area contributed by atoms with E-state index in [1.807, 2.05) is 0 Å². The molecule has 0 bridgehead atoms. The number of anilines is 6. The van der Waals surface area contributed by atoms with E-state index in [0.29, 0.717) is 11.4 Å². The number of hydrogen-bond acceptors (Lipinski definition) is 12. The molecule has 4 aromatic rings. The fourth-order valence-corrected chi connectivity index (χ4v) is 3.00. The number of guanidine groups is 2. The van der Waals surface area contributed by atoms with Crippen molar-refractivity contribution in [1.82, 2.24) is 29.9 Å². The minimum absolute atomic E-state index is 0. The number of pyridine rings is 2. The topological polar surface area (TPSA) is 348 Å². The highest BCUT2D eigenvalue weighted by molar-refractivity contribution is 6.32. The van der Waals surface area contributed by atoms with Crippen molar-refractivity contribution >= 4 is 81.6 Å². The van der Waals surface area contributed by atoms with Crippen molar-refractivity contribution in [1.29, 1.82) is 0 Å². The van der Waals surface area contributed by atoms with E-state index in [1.54, 1.807) is 36.7 Å². The number of aromatic nitrogens is 6. The molecule has 4 heterocycles. The molecule has 0 atom stereocenters. The van der Waals surface area contributed by atoms with Crippen LogP contribution in [0.4, 0.5) is 34.6 Å². The smallest absolute Gasteiger partial charge is 0.302 e. The Morgan fingerprint density at radius 2 is 1.02 bits per heavy atom. The summed E-state index contributed by atoms with van der Waals surface area (Å²) in [6.45, 7) is 0. The molecule has 0 fully saturated rings. The summed E-state index contributed by atoms with van der Waals surface area (Å²) in [6.07, 6.45) is 6.22. The van der Waals surface area contributed by atoms with Crippen molar-refractivity contribution in [3.05, 3.63) is 70.7 Å². The Bertz CT molecular complexity index is 1530. The number of nitrogens with two attached hydrogens (primary N) is 6. The summed E-state index contributed by atoms with van der Waals surface area (Å²) in [5.74, 6) is -2.40. The largest absolute Gasteiger partial charge is 0.412 e. The lowest BCUT2D eigenvalue weighted by Crippen LogP contribution is -2.24. The molecule has 2 amide bonds. The fourth-order valence-electron chi connectivity index (χ4n) is 2.75. The van der Waals surface area contributed by atoms with Crippen LogP contribution in [0.5, 0.6) is 0 Å². The monoisotopic (exact) mass is 630 g/mol. The van der Waals surface area contributed by atoms with Crippen LogP contribution in [-0.2, 0) is 0 Å². The van der Waals surface area contributed by atoms with Crippen LogP contribution < -0.4 is 45.0 Å². The Balaban J connectivity index is 0.000000293. The van der Waals surface area contributed by atoms with Crippen LogP contribution in [-0.4, -0.2) is 59.1 Å². The maximum absolute atomic E-state index is 11.9. The third kappa shape index (κ3) is 9.60. The van der Waals surface area contributed by atoms with Gasteiger partial charge in [0.25, 0.3) is 0 Å². The zero-order valence-electron chi connectivity index (χ0n) is 21.7. The molecule has 0 radical (unpaired) electrons. The van der Waals surface area contributed by atoms with Crippen LogP contribution in [0.3, 0.4) is 0 Å². The number of halogens is 2. The van der Waals surface area contributed by atoms with E-state index >= 15 is 0 Å². The van der Waals surface area contributed by atoms with E-state index in [0.717, 1.165) is 0 Å². The minimum Gasteiger partial charge on any atom is -0.412 e. The lowest BCUT2D eigenvalue weighted by atomic mass is 10.4. The van der Waals surface area contributed by atoms with Gasteiger partial charge in [-0.2, -0.15) is 9.98 Å². The highest BCUT2D eigenvalue weighted by Gasteiger charge is 2.17. The Labute approximate surface area is 252 Å². The number of carbonyl (C=O) groups is 2. The van der Waals surface area contributed by atoms with E-state index < -0.39 is 11.8 Å². The van der Waals surface area contributed by atoms with Crippen molar-refractivity contribution < 1.29 is 15.1 Å². The average Bonchev–Trinajstić information content (AvgIpc) is 2.94. The molecule has 0 aliphatic rings. The van der Waals surface area contributed by atoms with Gasteiger partial charge in [-0.1, -0.05) is 23.2 Å². The highest BCUT2D eigenvalue weighted by atomic mass is 35.5. The molecule has 0 unspecified atom stereocenters. The Kier molecular flexibility index (Phi) is 11.8. The number of hydrogen-bond donors (Lipinski definition) is 8.